The summed E-state index contributed by atoms with van der Waals surface area (Å²) in [7, 11) is 0. The zero-order valence-electron chi connectivity index (χ0n) is 14.8. The summed E-state index contributed by atoms with van der Waals surface area (Å²) in [4.78, 5) is 17.2. The molecule has 0 bridgehead atoms. The van der Waals surface area contributed by atoms with Crippen molar-refractivity contribution in [2.45, 2.75) is 45.1 Å². The number of nitrogens with zero attached hydrogens (tertiary/aromatic N) is 2. The Balaban J connectivity index is 1.36. The van der Waals surface area contributed by atoms with E-state index in [4.69, 9.17) is 0 Å². The summed E-state index contributed by atoms with van der Waals surface area (Å²) in [6.07, 6.45) is 7.71. The molecule has 4 nitrogen and oxygen atoms in total. The largest absolute Gasteiger partial charge is 0.352 e. The number of likely N-dealkylation sites (tertiary alicyclic amines) is 2. The van der Waals surface area contributed by atoms with E-state index < -0.39 is 0 Å². The lowest BCUT2D eigenvalue weighted by Crippen LogP contribution is -2.33. The summed E-state index contributed by atoms with van der Waals surface area (Å²) < 4.78 is 0. The van der Waals surface area contributed by atoms with Crippen molar-refractivity contribution in [1.29, 1.82) is 0 Å². The summed E-state index contributed by atoms with van der Waals surface area (Å²) in [5.74, 6) is 0.0568. The fourth-order valence-corrected chi connectivity index (χ4v) is 3.75. The maximum Gasteiger partial charge on any atom is 0.251 e. The Hall–Kier alpha value is -1.39. The molecule has 1 aromatic rings. The number of piperidine rings is 1. The van der Waals surface area contributed by atoms with E-state index in [1.807, 2.05) is 12.1 Å². The van der Waals surface area contributed by atoms with Crippen molar-refractivity contribution < 1.29 is 4.79 Å². The Morgan fingerprint density at radius 1 is 0.875 bits per heavy atom. The van der Waals surface area contributed by atoms with Crippen LogP contribution in [0.25, 0.3) is 0 Å². The Labute approximate surface area is 146 Å². The molecule has 1 aromatic carbocycles. The Morgan fingerprint density at radius 2 is 1.50 bits per heavy atom. The van der Waals surface area contributed by atoms with Gasteiger partial charge in [0.2, 0.25) is 0 Å². The van der Waals surface area contributed by atoms with Crippen LogP contribution >= 0.6 is 0 Å². The molecule has 2 fully saturated rings. The highest BCUT2D eigenvalue weighted by atomic mass is 16.1. The van der Waals surface area contributed by atoms with Gasteiger partial charge in [-0.05, 0) is 82.5 Å². The van der Waals surface area contributed by atoms with Crippen LogP contribution in [-0.2, 0) is 6.54 Å². The second kappa shape index (κ2) is 9.19. The third-order valence-electron chi connectivity index (χ3n) is 5.21. The molecule has 132 valence electrons. The number of rotatable bonds is 7. The molecule has 4 heteroatoms. The summed E-state index contributed by atoms with van der Waals surface area (Å²) in [5.41, 5.74) is 2.08. The lowest BCUT2D eigenvalue weighted by Gasteiger charge is -2.26. The maximum absolute atomic E-state index is 12.2. The number of carbonyl (C=O) groups is 1. The van der Waals surface area contributed by atoms with Crippen molar-refractivity contribution in [3.05, 3.63) is 35.4 Å². The van der Waals surface area contributed by atoms with Gasteiger partial charge in [-0.1, -0.05) is 18.6 Å². The molecule has 0 radical (unpaired) electrons. The van der Waals surface area contributed by atoms with Gasteiger partial charge >= 0.3 is 0 Å². The van der Waals surface area contributed by atoms with Crippen molar-refractivity contribution in [3.63, 3.8) is 0 Å². The fourth-order valence-electron chi connectivity index (χ4n) is 3.75. The van der Waals surface area contributed by atoms with Crippen LogP contribution in [0.15, 0.2) is 24.3 Å². The first-order valence-electron chi connectivity index (χ1n) is 9.63. The SMILES string of the molecule is O=C(NCCCN1CCCCC1)c1ccc(CN2CCCC2)cc1. The molecule has 0 spiro atoms. The first kappa shape index (κ1) is 17.4. The number of benzene rings is 1. The first-order valence-corrected chi connectivity index (χ1v) is 9.63. The van der Waals surface area contributed by atoms with E-state index in [0.717, 1.165) is 31.6 Å². The van der Waals surface area contributed by atoms with Crippen molar-refractivity contribution in [2.75, 3.05) is 39.3 Å². The molecule has 1 amide bonds. The smallest absolute Gasteiger partial charge is 0.251 e. The van der Waals surface area contributed by atoms with Crippen molar-refractivity contribution in [2.24, 2.45) is 0 Å². The van der Waals surface area contributed by atoms with Gasteiger partial charge in [0.05, 0.1) is 0 Å². The van der Waals surface area contributed by atoms with Crippen LogP contribution in [0.3, 0.4) is 0 Å². The topological polar surface area (TPSA) is 35.6 Å². The van der Waals surface area contributed by atoms with E-state index in [2.05, 4.69) is 27.2 Å². The number of hydrogen-bond acceptors (Lipinski definition) is 3. The van der Waals surface area contributed by atoms with E-state index >= 15 is 0 Å². The highest BCUT2D eigenvalue weighted by Crippen LogP contribution is 2.13. The van der Waals surface area contributed by atoms with Crippen molar-refractivity contribution in [3.8, 4) is 0 Å². The lowest BCUT2D eigenvalue weighted by molar-refractivity contribution is 0.0951. The predicted molar refractivity (Wildman–Crippen MR) is 98.2 cm³/mol. The number of amides is 1. The second-order valence-corrected chi connectivity index (χ2v) is 7.19. The monoisotopic (exact) mass is 329 g/mol. The molecule has 24 heavy (non-hydrogen) atoms. The quantitative estimate of drug-likeness (QED) is 0.781. The molecule has 0 saturated carbocycles. The zero-order valence-corrected chi connectivity index (χ0v) is 14.8. The minimum atomic E-state index is 0.0568. The van der Waals surface area contributed by atoms with Gasteiger partial charge in [0.1, 0.15) is 0 Å². The zero-order chi connectivity index (χ0) is 16.6. The number of nitrogens with one attached hydrogen (secondary N) is 1. The summed E-state index contributed by atoms with van der Waals surface area (Å²) in [6, 6.07) is 8.12. The molecular formula is C20H31N3O. The number of carbonyl (C=O) groups excluding carboxylic acids is 1. The Morgan fingerprint density at radius 3 is 2.21 bits per heavy atom. The van der Waals surface area contributed by atoms with Crippen LogP contribution < -0.4 is 5.32 Å². The average molecular weight is 329 g/mol. The summed E-state index contributed by atoms with van der Waals surface area (Å²) in [6.45, 7) is 7.76. The van der Waals surface area contributed by atoms with Crippen LogP contribution in [0.1, 0.15) is 54.4 Å². The molecule has 0 aromatic heterocycles. The molecule has 0 unspecified atom stereocenters. The van der Waals surface area contributed by atoms with Gasteiger partial charge in [-0.2, -0.15) is 0 Å². The third kappa shape index (κ3) is 5.32. The van der Waals surface area contributed by atoms with E-state index in [1.165, 1.54) is 63.8 Å². The Bertz CT molecular complexity index is 502. The third-order valence-corrected chi connectivity index (χ3v) is 5.21. The van der Waals surface area contributed by atoms with Crippen LogP contribution in [0.5, 0.6) is 0 Å². The van der Waals surface area contributed by atoms with Crippen LogP contribution in [0.4, 0.5) is 0 Å². The lowest BCUT2D eigenvalue weighted by atomic mass is 10.1. The second-order valence-electron chi connectivity index (χ2n) is 7.19. The van der Waals surface area contributed by atoms with Gasteiger partial charge in [-0.25, -0.2) is 0 Å². The van der Waals surface area contributed by atoms with Crippen LogP contribution in [0, 0.1) is 0 Å². The molecule has 2 aliphatic rings. The van der Waals surface area contributed by atoms with Crippen LogP contribution in [0.2, 0.25) is 0 Å². The molecule has 2 saturated heterocycles. The maximum atomic E-state index is 12.2. The molecule has 1 N–H and O–H groups in total. The standard InChI is InChI=1S/C20H31N3O/c24-20(21-11-6-16-22-12-2-1-3-13-22)19-9-7-18(8-10-19)17-23-14-4-5-15-23/h7-10H,1-6,11-17H2,(H,21,24). The minimum Gasteiger partial charge on any atom is -0.352 e. The highest BCUT2D eigenvalue weighted by molar-refractivity contribution is 5.94. The average Bonchev–Trinajstić information content (AvgIpc) is 3.13. The van der Waals surface area contributed by atoms with Crippen molar-refractivity contribution in [1.82, 2.24) is 15.1 Å². The first-order chi connectivity index (χ1) is 11.8. The van der Waals surface area contributed by atoms with E-state index in [1.54, 1.807) is 0 Å². The van der Waals surface area contributed by atoms with E-state index in [0.29, 0.717) is 0 Å². The van der Waals surface area contributed by atoms with Gasteiger partial charge < -0.3 is 10.2 Å². The van der Waals surface area contributed by atoms with Crippen molar-refractivity contribution >= 4 is 5.91 Å². The highest BCUT2D eigenvalue weighted by Gasteiger charge is 2.12. The Kier molecular flexibility index (Phi) is 6.67. The predicted octanol–water partition coefficient (Wildman–Crippen LogP) is 2.89. The molecule has 2 heterocycles. The minimum absolute atomic E-state index is 0.0568. The molecule has 0 atom stereocenters. The van der Waals surface area contributed by atoms with Crippen LogP contribution in [-0.4, -0.2) is 55.0 Å². The fraction of sp³-hybridized carbons (Fsp3) is 0.650. The van der Waals surface area contributed by atoms with Gasteiger partial charge in [-0.15, -0.1) is 0 Å². The normalized spacial score (nSPS) is 19.5. The summed E-state index contributed by atoms with van der Waals surface area (Å²) >= 11 is 0. The molecule has 2 aliphatic heterocycles. The van der Waals surface area contributed by atoms with Gasteiger partial charge in [0.15, 0.2) is 0 Å². The van der Waals surface area contributed by atoms with E-state index in [9.17, 15) is 4.79 Å². The van der Waals surface area contributed by atoms with E-state index in [-0.39, 0.29) is 5.91 Å². The molecule has 3 rings (SSSR count). The van der Waals surface area contributed by atoms with Gasteiger partial charge in [-0.3, -0.25) is 9.69 Å². The van der Waals surface area contributed by atoms with Gasteiger partial charge in [0.25, 0.3) is 5.91 Å². The van der Waals surface area contributed by atoms with Gasteiger partial charge in [0, 0.05) is 18.7 Å². The molecule has 0 aliphatic carbocycles. The number of hydrogen-bond donors (Lipinski definition) is 1. The summed E-state index contributed by atoms with van der Waals surface area (Å²) in [5, 5.41) is 3.06. The molecular weight excluding hydrogens is 298 g/mol.